The van der Waals surface area contributed by atoms with Gasteiger partial charge in [-0.05, 0) is 26.8 Å². The molecule has 1 aromatic rings. The van der Waals surface area contributed by atoms with Gasteiger partial charge < -0.3 is 5.11 Å². The van der Waals surface area contributed by atoms with E-state index in [2.05, 4.69) is 9.71 Å². The summed E-state index contributed by atoms with van der Waals surface area (Å²) in [4.78, 5) is 14.8. The van der Waals surface area contributed by atoms with Gasteiger partial charge in [0.2, 0.25) is 10.0 Å². The normalized spacial score (nSPS) is 12.8. The number of nitrogens with one attached hydrogen (secondary N) is 1. The summed E-state index contributed by atoms with van der Waals surface area (Å²) >= 11 is 1.07. The van der Waals surface area contributed by atoms with Crippen LogP contribution in [0.15, 0.2) is 12.3 Å². The molecule has 0 spiro atoms. The molecule has 0 aromatic carbocycles. The molecule has 0 aliphatic heterocycles. The average Bonchev–Trinajstić information content (AvgIpc) is 2.60. The van der Waals surface area contributed by atoms with Crippen LogP contribution < -0.4 is 4.72 Å². The number of rotatable bonds is 4. The van der Waals surface area contributed by atoms with E-state index in [1.807, 2.05) is 0 Å². The van der Waals surface area contributed by atoms with Crippen LogP contribution >= 0.6 is 11.3 Å². The Bertz CT molecular complexity index is 567. The number of carboxylic acids is 1. The summed E-state index contributed by atoms with van der Waals surface area (Å²) in [6.07, 6.45) is 3.73. The minimum atomic E-state index is -3.51. The standard InChI is InChI=1S/C10H14N2O4S2/c1-10(2,3)18(15,16)12-9-11-6-7(17-9)4-5-8(13)14/h4-6H,1-3H3,(H,11,12)(H,13,14)/b5-4+. The molecule has 1 heterocycles. The van der Waals surface area contributed by atoms with Crippen LogP contribution in [-0.4, -0.2) is 29.2 Å². The second-order valence-electron chi connectivity index (χ2n) is 4.46. The van der Waals surface area contributed by atoms with Crippen LogP contribution in [0.25, 0.3) is 6.08 Å². The highest BCUT2D eigenvalue weighted by atomic mass is 32.2. The van der Waals surface area contributed by atoms with Crippen LogP contribution in [0.3, 0.4) is 0 Å². The van der Waals surface area contributed by atoms with Crippen LogP contribution in [0.1, 0.15) is 25.6 Å². The Kier molecular flexibility index (Phi) is 4.12. The van der Waals surface area contributed by atoms with E-state index in [0.717, 1.165) is 17.4 Å². The molecule has 2 N–H and O–H groups in total. The number of sulfonamides is 1. The minimum Gasteiger partial charge on any atom is -0.478 e. The van der Waals surface area contributed by atoms with Crippen molar-refractivity contribution in [2.75, 3.05) is 4.72 Å². The van der Waals surface area contributed by atoms with Gasteiger partial charge in [-0.15, -0.1) is 0 Å². The Morgan fingerprint density at radius 3 is 2.61 bits per heavy atom. The first-order valence-corrected chi connectivity index (χ1v) is 7.31. The van der Waals surface area contributed by atoms with Gasteiger partial charge in [-0.25, -0.2) is 18.2 Å². The van der Waals surface area contributed by atoms with Crippen molar-refractivity contribution in [1.29, 1.82) is 0 Å². The van der Waals surface area contributed by atoms with Gasteiger partial charge >= 0.3 is 5.97 Å². The van der Waals surface area contributed by atoms with E-state index in [1.165, 1.54) is 12.3 Å². The SMILES string of the molecule is CC(C)(C)S(=O)(=O)Nc1ncc(/C=C/C(=O)O)s1. The predicted molar refractivity (Wildman–Crippen MR) is 71.1 cm³/mol. The number of thiazole rings is 1. The Hall–Kier alpha value is -1.41. The van der Waals surface area contributed by atoms with Crippen molar-refractivity contribution in [2.45, 2.75) is 25.5 Å². The zero-order chi connectivity index (χ0) is 14.0. The van der Waals surface area contributed by atoms with Gasteiger partial charge in [0, 0.05) is 17.2 Å². The zero-order valence-electron chi connectivity index (χ0n) is 10.2. The van der Waals surface area contributed by atoms with E-state index in [-0.39, 0.29) is 5.13 Å². The van der Waals surface area contributed by atoms with E-state index in [1.54, 1.807) is 20.8 Å². The number of carboxylic acid groups (broad SMARTS) is 1. The molecule has 0 amide bonds. The highest BCUT2D eigenvalue weighted by Crippen LogP contribution is 2.24. The third kappa shape index (κ3) is 3.81. The Morgan fingerprint density at radius 2 is 2.11 bits per heavy atom. The summed E-state index contributed by atoms with van der Waals surface area (Å²) < 4.78 is 25.1. The lowest BCUT2D eigenvalue weighted by atomic mass is 10.3. The zero-order valence-corrected chi connectivity index (χ0v) is 11.8. The van der Waals surface area contributed by atoms with Gasteiger partial charge in [0.25, 0.3) is 0 Å². The number of anilines is 1. The number of aliphatic carboxylic acids is 1. The molecule has 0 aliphatic rings. The van der Waals surface area contributed by atoms with E-state index in [9.17, 15) is 13.2 Å². The van der Waals surface area contributed by atoms with Gasteiger partial charge in [0.1, 0.15) is 0 Å². The highest BCUT2D eigenvalue weighted by Gasteiger charge is 2.29. The van der Waals surface area contributed by atoms with Gasteiger partial charge in [-0.2, -0.15) is 0 Å². The first-order chi connectivity index (χ1) is 8.12. The molecule has 0 atom stereocenters. The smallest absolute Gasteiger partial charge is 0.328 e. The summed E-state index contributed by atoms with van der Waals surface area (Å²) in [5.41, 5.74) is 0. The largest absolute Gasteiger partial charge is 0.478 e. The maximum absolute atomic E-state index is 11.8. The van der Waals surface area contributed by atoms with Gasteiger partial charge in [-0.3, -0.25) is 4.72 Å². The lowest BCUT2D eigenvalue weighted by Gasteiger charge is -2.18. The molecule has 100 valence electrons. The predicted octanol–water partition coefficient (Wildman–Crippen LogP) is 1.78. The molecule has 0 unspecified atom stereocenters. The van der Waals surface area contributed by atoms with E-state index < -0.39 is 20.7 Å². The Labute approximate surface area is 109 Å². The fourth-order valence-electron chi connectivity index (χ4n) is 0.832. The molecule has 8 heteroatoms. The molecule has 1 rings (SSSR count). The number of aromatic nitrogens is 1. The van der Waals surface area contributed by atoms with E-state index in [4.69, 9.17) is 5.11 Å². The van der Waals surface area contributed by atoms with Crippen LogP contribution in [0.5, 0.6) is 0 Å². The summed E-state index contributed by atoms with van der Waals surface area (Å²) in [6.45, 7) is 4.73. The molecule has 0 aliphatic carbocycles. The van der Waals surface area contributed by atoms with E-state index >= 15 is 0 Å². The lowest BCUT2D eigenvalue weighted by molar-refractivity contribution is -0.131. The maximum atomic E-state index is 11.8. The summed E-state index contributed by atoms with van der Waals surface area (Å²) in [7, 11) is -3.51. The lowest BCUT2D eigenvalue weighted by Crippen LogP contribution is -2.33. The summed E-state index contributed by atoms with van der Waals surface area (Å²) in [6, 6.07) is 0. The fourth-order valence-corrected chi connectivity index (χ4v) is 2.49. The second-order valence-corrected chi connectivity index (χ2v) is 7.96. The molecule has 0 saturated heterocycles. The van der Waals surface area contributed by atoms with Crippen molar-refractivity contribution < 1.29 is 18.3 Å². The summed E-state index contributed by atoms with van der Waals surface area (Å²) in [5, 5.41) is 8.68. The van der Waals surface area contributed by atoms with Gasteiger partial charge in [0.15, 0.2) is 5.13 Å². The third-order valence-corrected chi connectivity index (χ3v) is 5.02. The van der Waals surface area contributed by atoms with Crippen LogP contribution in [-0.2, 0) is 14.8 Å². The van der Waals surface area contributed by atoms with Crippen molar-refractivity contribution in [3.05, 3.63) is 17.2 Å². The molecular formula is C10H14N2O4S2. The maximum Gasteiger partial charge on any atom is 0.328 e. The van der Waals surface area contributed by atoms with Crippen molar-refractivity contribution in [2.24, 2.45) is 0 Å². The van der Waals surface area contributed by atoms with E-state index in [0.29, 0.717) is 4.88 Å². The molecule has 0 radical (unpaired) electrons. The quantitative estimate of drug-likeness (QED) is 0.824. The van der Waals surface area contributed by atoms with Gasteiger partial charge in [-0.1, -0.05) is 11.3 Å². The third-order valence-electron chi connectivity index (χ3n) is 1.94. The molecule has 6 nitrogen and oxygen atoms in total. The molecule has 1 aromatic heterocycles. The Morgan fingerprint density at radius 1 is 1.50 bits per heavy atom. The molecular weight excluding hydrogens is 276 g/mol. The number of hydrogen-bond acceptors (Lipinski definition) is 5. The second kappa shape index (κ2) is 5.07. The Balaban J connectivity index is 2.86. The topological polar surface area (TPSA) is 96.4 Å². The summed E-state index contributed by atoms with van der Waals surface area (Å²) in [5.74, 6) is -1.07. The van der Waals surface area contributed by atoms with Gasteiger partial charge in [0.05, 0.1) is 4.75 Å². The van der Waals surface area contributed by atoms with Crippen molar-refractivity contribution in [3.8, 4) is 0 Å². The number of hydrogen-bond donors (Lipinski definition) is 2. The van der Waals surface area contributed by atoms with Crippen molar-refractivity contribution in [1.82, 2.24) is 4.98 Å². The fraction of sp³-hybridized carbons (Fsp3) is 0.400. The molecule has 0 fully saturated rings. The molecule has 0 bridgehead atoms. The van der Waals surface area contributed by atoms with Crippen molar-refractivity contribution in [3.63, 3.8) is 0 Å². The minimum absolute atomic E-state index is 0.218. The van der Waals surface area contributed by atoms with Crippen molar-refractivity contribution >= 4 is 38.5 Å². The number of nitrogens with zero attached hydrogens (tertiary/aromatic N) is 1. The average molecular weight is 290 g/mol. The van der Waals surface area contributed by atoms with Crippen LogP contribution in [0.4, 0.5) is 5.13 Å². The molecule has 18 heavy (non-hydrogen) atoms. The van der Waals surface area contributed by atoms with Crippen LogP contribution in [0.2, 0.25) is 0 Å². The highest BCUT2D eigenvalue weighted by molar-refractivity contribution is 7.94. The molecule has 0 saturated carbocycles. The van der Waals surface area contributed by atoms with Crippen LogP contribution in [0, 0.1) is 0 Å². The first-order valence-electron chi connectivity index (χ1n) is 5.01. The first kappa shape index (κ1) is 14.7. The monoisotopic (exact) mass is 290 g/mol. The number of carbonyl (C=O) groups is 1.